The lowest BCUT2D eigenvalue weighted by Crippen LogP contribution is -2.47. The van der Waals surface area contributed by atoms with Crippen LogP contribution in [0.2, 0.25) is 0 Å². The van der Waals surface area contributed by atoms with Gasteiger partial charge in [0.2, 0.25) is 0 Å². The molecule has 0 amide bonds. The highest BCUT2D eigenvalue weighted by atomic mass is 31.2. The van der Waals surface area contributed by atoms with Crippen LogP contribution in [-0.4, -0.2) is 68.3 Å². The normalized spacial score (nSPS) is 14.8. The number of nitrogen functional groups attached to an aromatic ring is 1. The molecule has 0 aliphatic carbocycles. The number of anilines is 1. The maximum Gasteiger partial charge on any atom is 0.332 e. The van der Waals surface area contributed by atoms with Gasteiger partial charge in [-0.05, 0) is 48.5 Å². The Morgan fingerprint density at radius 2 is 1.77 bits per heavy atom. The minimum Gasteiger partial charge on any atom is -0.462 e. The molecular weight excluding hydrogens is 479 g/mol. The first kappa shape index (κ1) is 28.6. The van der Waals surface area contributed by atoms with Gasteiger partial charge < -0.3 is 29.0 Å². The molecule has 196 valence electrons. The van der Waals surface area contributed by atoms with E-state index in [4.69, 9.17) is 24.5 Å². The second-order valence-electron chi connectivity index (χ2n) is 9.11. The second-order valence-corrected chi connectivity index (χ2v) is 11.2. The highest BCUT2D eigenvalue weighted by Gasteiger charge is 2.39. The summed E-state index contributed by atoms with van der Waals surface area (Å²) in [6.07, 6.45) is 1.25. The van der Waals surface area contributed by atoms with Crippen LogP contribution in [0.4, 0.5) is 5.82 Å². The number of rotatable bonds is 13. The third-order valence-corrected chi connectivity index (χ3v) is 6.41. The van der Waals surface area contributed by atoms with Crippen molar-refractivity contribution in [3.05, 3.63) is 12.7 Å². The minimum absolute atomic E-state index is 0.258. The predicted octanol–water partition coefficient (Wildman–Crippen LogP) is 2.25. The number of carbonyl (C=O) groups is 2. The Morgan fingerprint density at radius 1 is 1.11 bits per heavy atom. The molecule has 0 fully saturated rings. The maximum atomic E-state index is 13.6. The Morgan fingerprint density at radius 3 is 2.40 bits per heavy atom. The Balaban J connectivity index is 2.12. The first-order valence-corrected chi connectivity index (χ1v) is 13.0. The Labute approximate surface area is 204 Å². The molecule has 14 heteroatoms. The first-order valence-electron chi connectivity index (χ1n) is 11.2. The molecule has 0 aromatic carbocycles. The Hall–Kier alpha value is -2.60. The van der Waals surface area contributed by atoms with Gasteiger partial charge in [0.25, 0.3) is 7.52 Å². The van der Waals surface area contributed by atoms with Crippen LogP contribution in [0.25, 0.3) is 11.2 Å². The van der Waals surface area contributed by atoms with Gasteiger partial charge in [0.05, 0.1) is 31.2 Å². The van der Waals surface area contributed by atoms with Crippen LogP contribution in [0.5, 0.6) is 0 Å². The molecule has 2 aromatic heterocycles. The standard InChI is InChI=1S/C21H35N6O7P/c1-13(2)33-16(28)9-32-35(30,26-21(6,7)20(29)34-14(3)4)12-31-15(5)8-27-11-25-17-18(22)23-10-24-19(17)27/h10-11,13-15H,8-9,12H2,1-7H3,(H,26,30)(H2,22,23,24)/t15-,35?/m0/s1. The summed E-state index contributed by atoms with van der Waals surface area (Å²) in [5.74, 6) is -1.07. The highest BCUT2D eigenvalue weighted by Crippen LogP contribution is 2.45. The van der Waals surface area contributed by atoms with Gasteiger partial charge in [-0.15, -0.1) is 0 Å². The largest absolute Gasteiger partial charge is 0.462 e. The van der Waals surface area contributed by atoms with E-state index in [1.54, 1.807) is 45.5 Å². The van der Waals surface area contributed by atoms with E-state index in [1.807, 2.05) is 0 Å². The third kappa shape index (κ3) is 8.53. The molecule has 1 unspecified atom stereocenters. The number of fused-ring (bicyclic) bond motifs is 1. The summed E-state index contributed by atoms with van der Waals surface area (Å²) in [5.41, 5.74) is 5.43. The Kier molecular flexibility index (Phi) is 9.73. The quantitative estimate of drug-likeness (QED) is 0.296. The monoisotopic (exact) mass is 514 g/mol. The van der Waals surface area contributed by atoms with Crippen molar-refractivity contribution in [1.29, 1.82) is 0 Å². The fraction of sp³-hybridized carbons (Fsp3) is 0.667. The van der Waals surface area contributed by atoms with Gasteiger partial charge in [0, 0.05) is 0 Å². The number of carbonyl (C=O) groups excluding carboxylic acids is 2. The van der Waals surface area contributed by atoms with Gasteiger partial charge in [-0.25, -0.2) is 24.8 Å². The van der Waals surface area contributed by atoms with E-state index in [1.165, 1.54) is 20.2 Å². The minimum atomic E-state index is -3.88. The van der Waals surface area contributed by atoms with Crippen LogP contribution in [0.1, 0.15) is 48.5 Å². The third-order valence-electron chi connectivity index (χ3n) is 4.47. The maximum absolute atomic E-state index is 13.6. The number of nitrogens with zero attached hydrogens (tertiary/aromatic N) is 4. The lowest BCUT2D eigenvalue weighted by molar-refractivity contribution is -0.153. The summed E-state index contributed by atoms with van der Waals surface area (Å²) in [5, 5.41) is 2.70. The lowest BCUT2D eigenvalue weighted by atomic mass is 10.1. The fourth-order valence-corrected chi connectivity index (χ4v) is 4.89. The number of imidazole rings is 1. The van der Waals surface area contributed by atoms with Crippen molar-refractivity contribution in [2.24, 2.45) is 0 Å². The van der Waals surface area contributed by atoms with Crippen molar-refractivity contribution in [2.45, 2.75) is 78.9 Å². The molecule has 0 aliphatic rings. The van der Waals surface area contributed by atoms with Crippen molar-refractivity contribution in [3.8, 4) is 0 Å². The van der Waals surface area contributed by atoms with E-state index in [0.717, 1.165) is 0 Å². The molecule has 2 rings (SSSR count). The van der Waals surface area contributed by atoms with Gasteiger partial charge >= 0.3 is 11.9 Å². The number of aromatic nitrogens is 4. The molecule has 2 heterocycles. The molecule has 0 spiro atoms. The summed E-state index contributed by atoms with van der Waals surface area (Å²) >= 11 is 0. The SMILES string of the molecule is CC(C)OC(=O)COP(=O)(CO[C@@H](C)Cn1cnc2c(N)ncnc21)NC(C)(C)C(=O)OC(C)C. The zero-order chi connectivity index (χ0) is 26.4. The lowest BCUT2D eigenvalue weighted by Gasteiger charge is -2.30. The van der Waals surface area contributed by atoms with Gasteiger partial charge in [0.1, 0.15) is 23.7 Å². The molecule has 0 radical (unpaired) electrons. The van der Waals surface area contributed by atoms with Crippen molar-refractivity contribution >= 4 is 36.4 Å². The zero-order valence-electron chi connectivity index (χ0n) is 21.2. The van der Waals surface area contributed by atoms with Crippen LogP contribution >= 0.6 is 7.52 Å². The second kappa shape index (κ2) is 11.9. The Bertz CT molecular complexity index is 1070. The first-order chi connectivity index (χ1) is 16.2. The molecule has 0 bridgehead atoms. The van der Waals surface area contributed by atoms with Crippen LogP contribution in [-0.2, 0) is 39.4 Å². The van der Waals surface area contributed by atoms with Crippen LogP contribution < -0.4 is 10.8 Å². The summed E-state index contributed by atoms with van der Waals surface area (Å²) < 4.78 is 36.9. The number of hydrogen-bond donors (Lipinski definition) is 2. The molecule has 35 heavy (non-hydrogen) atoms. The molecule has 0 saturated carbocycles. The predicted molar refractivity (Wildman–Crippen MR) is 128 cm³/mol. The van der Waals surface area contributed by atoms with Crippen molar-refractivity contribution in [3.63, 3.8) is 0 Å². The molecule has 2 aromatic rings. The van der Waals surface area contributed by atoms with Gasteiger partial charge in [-0.2, -0.15) is 0 Å². The number of hydrogen-bond acceptors (Lipinski definition) is 11. The summed E-state index contributed by atoms with van der Waals surface area (Å²) in [6, 6.07) is 0. The summed E-state index contributed by atoms with van der Waals surface area (Å²) in [6.45, 7) is 11.3. The molecule has 0 saturated heterocycles. The summed E-state index contributed by atoms with van der Waals surface area (Å²) in [4.78, 5) is 36.8. The van der Waals surface area contributed by atoms with Crippen LogP contribution in [0, 0.1) is 0 Å². The summed E-state index contributed by atoms with van der Waals surface area (Å²) in [7, 11) is -3.88. The van der Waals surface area contributed by atoms with E-state index in [2.05, 4.69) is 20.0 Å². The van der Waals surface area contributed by atoms with Gasteiger partial charge in [-0.3, -0.25) is 9.36 Å². The number of nitrogens with two attached hydrogens (primary N) is 1. The van der Waals surface area contributed by atoms with Gasteiger partial charge in [-0.1, -0.05) is 0 Å². The smallest absolute Gasteiger partial charge is 0.332 e. The van der Waals surface area contributed by atoms with E-state index in [0.29, 0.717) is 17.7 Å². The zero-order valence-corrected chi connectivity index (χ0v) is 22.1. The topological polar surface area (TPSA) is 170 Å². The van der Waals surface area contributed by atoms with Crippen molar-refractivity contribution < 1.29 is 32.9 Å². The molecule has 2 atom stereocenters. The van der Waals surface area contributed by atoms with E-state index < -0.39 is 44.1 Å². The highest BCUT2D eigenvalue weighted by molar-refractivity contribution is 7.56. The molecule has 13 nitrogen and oxygen atoms in total. The van der Waals surface area contributed by atoms with Crippen LogP contribution in [0.3, 0.4) is 0 Å². The average molecular weight is 515 g/mol. The average Bonchev–Trinajstić information content (AvgIpc) is 3.14. The van der Waals surface area contributed by atoms with Crippen LogP contribution in [0.15, 0.2) is 12.7 Å². The van der Waals surface area contributed by atoms with E-state index in [9.17, 15) is 14.2 Å². The molecule has 0 aliphatic heterocycles. The van der Waals surface area contributed by atoms with E-state index in [-0.39, 0.29) is 18.0 Å². The van der Waals surface area contributed by atoms with Crippen molar-refractivity contribution in [1.82, 2.24) is 24.6 Å². The number of esters is 2. The molecular formula is C21H35N6O7P. The van der Waals surface area contributed by atoms with Crippen molar-refractivity contribution in [2.75, 3.05) is 18.7 Å². The van der Waals surface area contributed by atoms with E-state index >= 15 is 0 Å². The number of nitrogens with one attached hydrogen (secondary N) is 1. The van der Waals surface area contributed by atoms with Gasteiger partial charge in [0.15, 0.2) is 18.1 Å². The number of ether oxygens (including phenoxy) is 3. The fourth-order valence-electron chi connectivity index (χ4n) is 2.98. The molecule has 3 N–H and O–H groups in total.